The molecule has 220 valence electrons. The SMILES string of the molecule is CCOC(=O)C1CCN(C(=O)CC2=CSC3=NC(C)=C(C(=O)OCc4ccccc4)C(c4ccc(C)cc4C)N23)CC1. The highest BCUT2D eigenvalue weighted by molar-refractivity contribution is 8.16. The van der Waals surface area contributed by atoms with Gasteiger partial charge in [0.1, 0.15) is 6.61 Å². The molecule has 0 bridgehead atoms. The van der Waals surface area contributed by atoms with Crippen LogP contribution in [0.15, 0.2) is 75.9 Å². The van der Waals surface area contributed by atoms with Crippen LogP contribution in [0.25, 0.3) is 0 Å². The molecular weight excluding hydrogens is 550 g/mol. The second-order valence-electron chi connectivity index (χ2n) is 10.9. The van der Waals surface area contributed by atoms with Crippen molar-refractivity contribution in [1.82, 2.24) is 9.80 Å². The number of ether oxygens (including phenoxy) is 2. The van der Waals surface area contributed by atoms with Gasteiger partial charge in [-0.25, -0.2) is 9.79 Å². The number of carbonyl (C=O) groups is 3. The molecule has 42 heavy (non-hydrogen) atoms. The largest absolute Gasteiger partial charge is 0.466 e. The van der Waals surface area contributed by atoms with Crippen molar-refractivity contribution in [2.75, 3.05) is 19.7 Å². The van der Waals surface area contributed by atoms with Gasteiger partial charge in [-0.2, -0.15) is 0 Å². The quantitative estimate of drug-likeness (QED) is 0.360. The topological polar surface area (TPSA) is 88.5 Å². The number of amides is 1. The van der Waals surface area contributed by atoms with Gasteiger partial charge in [0.15, 0.2) is 5.17 Å². The zero-order valence-electron chi connectivity index (χ0n) is 24.6. The van der Waals surface area contributed by atoms with E-state index >= 15 is 0 Å². The maximum Gasteiger partial charge on any atom is 0.338 e. The summed E-state index contributed by atoms with van der Waals surface area (Å²) in [5.74, 6) is -0.779. The normalized spacial score (nSPS) is 18.8. The van der Waals surface area contributed by atoms with Crippen molar-refractivity contribution in [3.8, 4) is 0 Å². The maximum absolute atomic E-state index is 13.7. The number of rotatable bonds is 8. The summed E-state index contributed by atoms with van der Waals surface area (Å²) in [7, 11) is 0. The van der Waals surface area contributed by atoms with Crippen LogP contribution in [0.2, 0.25) is 0 Å². The van der Waals surface area contributed by atoms with Crippen LogP contribution >= 0.6 is 11.8 Å². The molecule has 8 nitrogen and oxygen atoms in total. The van der Waals surface area contributed by atoms with Crippen molar-refractivity contribution in [2.24, 2.45) is 10.9 Å². The lowest BCUT2D eigenvalue weighted by molar-refractivity contribution is -0.151. The van der Waals surface area contributed by atoms with Crippen LogP contribution in [0.1, 0.15) is 61.4 Å². The number of amidine groups is 1. The van der Waals surface area contributed by atoms with Gasteiger partial charge in [0, 0.05) is 18.8 Å². The number of fused-ring (bicyclic) bond motifs is 1. The van der Waals surface area contributed by atoms with Crippen molar-refractivity contribution in [2.45, 2.75) is 59.6 Å². The molecular formula is C33H37N3O5S. The predicted molar refractivity (Wildman–Crippen MR) is 163 cm³/mol. The monoisotopic (exact) mass is 587 g/mol. The Kier molecular flexibility index (Phi) is 9.16. The summed E-state index contributed by atoms with van der Waals surface area (Å²) in [5.41, 5.74) is 5.92. The molecule has 0 radical (unpaired) electrons. The minimum Gasteiger partial charge on any atom is -0.466 e. The molecule has 1 unspecified atom stereocenters. The summed E-state index contributed by atoms with van der Waals surface area (Å²) < 4.78 is 11.0. The van der Waals surface area contributed by atoms with Crippen molar-refractivity contribution < 1.29 is 23.9 Å². The fraction of sp³-hybridized carbons (Fsp3) is 0.394. The Balaban J connectivity index is 1.39. The van der Waals surface area contributed by atoms with E-state index in [2.05, 4.69) is 12.1 Å². The molecule has 9 heteroatoms. The Morgan fingerprint density at radius 2 is 1.74 bits per heavy atom. The molecule has 3 aliphatic heterocycles. The van der Waals surface area contributed by atoms with Crippen LogP contribution in [0.3, 0.4) is 0 Å². The van der Waals surface area contributed by atoms with E-state index in [4.69, 9.17) is 14.5 Å². The van der Waals surface area contributed by atoms with E-state index in [1.807, 2.05) is 72.4 Å². The molecule has 2 aromatic rings. The first-order chi connectivity index (χ1) is 20.3. The first-order valence-electron chi connectivity index (χ1n) is 14.4. The summed E-state index contributed by atoms with van der Waals surface area (Å²) in [6.07, 6.45) is 1.36. The number of aryl methyl sites for hydroxylation is 2. The molecule has 0 aliphatic carbocycles. The highest BCUT2D eigenvalue weighted by atomic mass is 32.2. The lowest BCUT2D eigenvalue weighted by Crippen LogP contribution is -2.42. The minimum atomic E-state index is -0.482. The summed E-state index contributed by atoms with van der Waals surface area (Å²) in [6, 6.07) is 15.3. The van der Waals surface area contributed by atoms with Crippen LogP contribution in [-0.4, -0.2) is 52.5 Å². The summed E-state index contributed by atoms with van der Waals surface area (Å²) in [5, 5.41) is 2.70. The van der Waals surface area contributed by atoms with E-state index in [9.17, 15) is 14.4 Å². The third-order valence-corrected chi connectivity index (χ3v) is 8.84. The zero-order chi connectivity index (χ0) is 29.8. The van der Waals surface area contributed by atoms with Gasteiger partial charge >= 0.3 is 11.9 Å². The van der Waals surface area contributed by atoms with E-state index in [0.717, 1.165) is 33.1 Å². The Labute approximate surface area is 251 Å². The third kappa shape index (κ3) is 6.31. The number of thioether (sulfide) groups is 1. The second kappa shape index (κ2) is 13.0. The lowest BCUT2D eigenvalue weighted by atomic mass is 9.90. The van der Waals surface area contributed by atoms with Crippen molar-refractivity contribution in [3.63, 3.8) is 0 Å². The Morgan fingerprint density at radius 1 is 1.00 bits per heavy atom. The molecule has 3 aliphatic rings. The number of hydrogen-bond acceptors (Lipinski definition) is 8. The molecule has 1 fully saturated rings. The standard InChI is InChI=1S/C33H37N3O5S/c1-5-40-31(38)25-13-15-35(16-14-25)28(37)18-26-20-42-33-34-23(4)29(32(39)41-19-24-9-7-6-8-10-24)30(36(26)33)27-12-11-21(2)17-22(27)3/h6-12,17,20,25,30H,5,13-16,18-19H2,1-4H3. The van der Waals surface area contributed by atoms with Gasteiger partial charge in [0.2, 0.25) is 5.91 Å². The predicted octanol–water partition coefficient (Wildman–Crippen LogP) is 5.81. The fourth-order valence-electron chi connectivity index (χ4n) is 5.75. The molecule has 2 aromatic carbocycles. The molecule has 5 rings (SSSR count). The smallest absolute Gasteiger partial charge is 0.338 e. The lowest BCUT2D eigenvalue weighted by Gasteiger charge is -2.38. The number of piperidine rings is 1. The molecule has 1 atom stereocenters. The molecule has 0 saturated carbocycles. The van der Waals surface area contributed by atoms with Gasteiger partial charge in [-0.1, -0.05) is 65.9 Å². The summed E-state index contributed by atoms with van der Waals surface area (Å²) in [6.45, 7) is 9.28. The molecule has 0 spiro atoms. The Morgan fingerprint density at radius 3 is 2.43 bits per heavy atom. The van der Waals surface area contributed by atoms with E-state index in [-0.39, 0.29) is 30.8 Å². The van der Waals surface area contributed by atoms with Gasteiger partial charge < -0.3 is 19.3 Å². The summed E-state index contributed by atoms with van der Waals surface area (Å²) in [4.78, 5) is 48.1. The number of likely N-dealkylation sites (tertiary alicyclic amines) is 1. The first-order valence-corrected chi connectivity index (χ1v) is 15.3. The second-order valence-corrected chi connectivity index (χ2v) is 11.7. The van der Waals surface area contributed by atoms with Crippen molar-refractivity contribution >= 4 is 34.8 Å². The number of benzene rings is 2. The van der Waals surface area contributed by atoms with Crippen LogP contribution in [0.5, 0.6) is 0 Å². The highest BCUT2D eigenvalue weighted by Gasteiger charge is 2.42. The van der Waals surface area contributed by atoms with Gasteiger partial charge in [-0.05, 0) is 62.6 Å². The number of hydrogen-bond donors (Lipinski definition) is 0. The van der Waals surface area contributed by atoms with Crippen LogP contribution in [0.4, 0.5) is 0 Å². The van der Waals surface area contributed by atoms with Gasteiger partial charge in [-0.3, -0.25) is 9.59 Å². The van der Waals surface area contributed by atoms with E-state index in [0.29, 0.717) is 43.8 Å². The fourth-order valence-corrected chi connectivity index (χ4v) is 6.71. The molecule has 0 aromatic heterocycles. The molecule has 3 heterocycles. The number of allylic oxidation sites excluding steroid dienone is 1. The average molecular weight is 588 g/mol. The van der Waals surface area contributed by atoms with Crippen molar-refractivity contribution in [3.05, 3.63) is 93.2 Å². The van der Waals surface area contributed by atoms with Gasteiger partial charge in [0.05, 0.1) is 36.3 Å². The first kappa shape index (κ1) is 29.6. The number of aliphatic imine (C=N–C) groups is 1. The van der Waals surface area contributed by atoms with E-state index in [1.165, 1.54) is 11.8 Å². The molecule has 1 amide bonds. The van der Waals surface area contributed by atoms with Crippen molar-refractivity contribution in [1.29, 1.82) is 0 Å². The highest BCUT2D eigenvalue weighted by Crippen LogP contribution is 2.46. The van der Waals surface area contributed by atoms with Crippen LogP contribution < -0.4 is 0 Å². The number of nitrogens with zero attached hydrogens (tertiary/aromatic N) is 3. The van der Waals surface area contributed by atoms with Gasteiger partial charge in [-0.15, -0.1) is 0 Å². The third-order valence-electron chi connectivity index (χ3n) is 7.95. The Bertz CT molecular complexity index is 1460. The minimum absolute atomic E-state index is 0.00994. The van der Waals surface area contributed by atoms with E-state index < -0.39 is 12.0 Å². The number of carbonyl (C=O) groups excluding carboxylic acids is 3. The molecule has 0 N–H and O–H groups in total. The molecule has 1 saturated heterocycles. The summed E-state index contributed by atoms with van der Waals surface area (Å²) >= 11 is 1.46. The maximum atomic E-state index is 13.7. The average Bonchev–Trinajstić information content (AvgIpc) is 3.37. The van der Waals surface area contributed by atoms with E-state index in [1.54, 1.807) is 6.92 Å². The van der Waals surface area contributed by atoms with Crippen LogP contribution in [0, 0.1) is 19.8 Å². The Hall–Kier alpha value is -3.85. The zero-order valence-corrected chi connectivity index (χ0v) is 25.4. The number of esters is 2. The van der Waals surface area contributed by atoms with Crippen LogP contribution in [-0.2, 0) is 30.5 Å². The van der Waals surface area contributed by atoms with Gasteiger partial charge in [0.25, 0.3) is 0 Å².